The molecule has 37 heavy (non-hydrogen) atoms. The highest BCUT2D eigenvalue weighted by Crippen LogP contribution is 2.28. The van der Waals surface area contributed by atoms with Crippen LogP contribution in [0.15, 0.2) is 81.4 Å². The van der Waals surface area contributed by atoms with Crippen LogP contribution in [0.25, 0.3) is 0 Å². The first-order chi connectivity index (χ1) is 17.6. The third-order valence-corrected chi connectivity index (χ3v) is 9.69. The molecule has 2 N–H and O–H groups in total. The average Bonchev–Trinajstić information content (AvgIpc) is 2.89. The second-order valence-corrected chi connectivity index (χ2v) is 13.1. The second-order valence-electron chi connectivity index (χ2n) is 8.46. The number of hydrogen-bond donors (Lipinski definition) is 2. The molecule has 0 aliphatic carbocycles. The number of benzene rings is 3. The molecule has 196 valence electrons. The van der Waals surface area contributed by atoms with Crippen molar-refractivity contribution in [2.24, 2.45) is 0 Å². The minimum Gasteiger partial charge on any atom is -0.339 e. The number of nitrogens with one attached hydrogen (secondary N) is 2. The maximum atomic E-state index is 13.1. The number of likely N-dealkylation sites (tertiary alicyclic amines) is 1. The van der Waals surface area contributed by atoms with Crippen LogP contribution in [0.1, 0.15) is 29.6 Å². The number of rotatable bonds is 8. The first kappa shape index (κ1) is 27.3. The Bertz CT molecular complexity index is 1490. The van der Waals surface area contributed by atoms with Crippen LogP contribution in [0.2, 0.25) is 5.02 Å². The van der Waals surface area contributed by atoms with Gasteiger partial charge in [-0.25, -0.2) is 16.8 Å². The van der Waals surface area contributed by atoms with Crippen molar-refractivity contribution in [2.75, 3.05) is 28.8 Å². The van der Waals surface area contributed by atoms with Crippen molar-refractivity contribution in [2.45, 2.75) is 33.9 Å². The lowest BCUT2D eigenvalue weighted by Gasteiger charge is -2.27. The summed E-state index contributed by atoms with van der Waals surface area (Å²) in [6.45, 7) is 1.31. The zero-order valence-corrected chi connectivity index (χ0v) is 23.2. The van der Waals surface area contributed by atoms with Crippen LogP contribution in [0, 0.1) is 0 Å². The third-order valence-electron chi connectivity index (χ3n) is 5.87. The van der Waals surface area contributed by atoms with Gasteiger partial charge in [0.25, 0.3) is 26.0 Å². The van der Waals surface area contributed by atoms with E-state index in [9.17, 15) is 21.6 Å². The van der Waals surface area contributed by atoms with E-state index in [1.165, 1.54) is 60.3 Å². The molecule has 4 rings (SSSR count). The van der Waals surface area contributed by atoms with E-state index in [2.05, 4.69) is 9.44 Å². The van der Waals surface area contributed by atoms with Crippen LogP contribution in [0.4, 0.5) is 11.4 Å². The van der Waals surface area contributed by atoms with Crippen LogP contribution in [-0.2, 0) is 20.0 Å². The summed E-state index contributed by atoms with van der Waals surface area (Å²) in [5.41, 5.74) is 0.882. The number of carbonyl (C=O) groups is 1. The normalized spacial score (nSPS) is 14.3. The third kappa shape index (κ3) is 6.59. The van der Waals surface area contributed by atoms with Crippen molar-refractivity contribution < 1.29 is 21.6 Å². The van der Waals surface area contributed by atoms with Gasteiger partial charge in [-0.05, 0) is 92.2 Å². The Hall–Kier alpha value is -2.73. The van der Waals surface area contributed by atoms with Crippen LogP contribution in [0.5, 0.6) is 0 Å². The monoisotopic (exact) mass is 579 g/mol. The fraction of sp³-hybridized carbons (Fsp3) is 0.240. The molecule has 0 saturated carbocycles. The van der Waals surface area contributed by atoms with Gasteiger partial charge in [0.15, 0.2) is 0 Å². The summed E-state index contributed by atoms with van der Waals surface area (Å²) in [4.78, 5) is 15.5. The minimum atomic E-state index is -4.03. The molecule has 8 nitrogen and oxygen atoms in total. The molecular formula is C25H26ClN3O5S3. The van der Waals surface area contributed by atoms with Crippen molar-refractivity contribution in [3.05, 3.63) is 77.3 Å². The number of halogens is 1. The van der Waals surface area contributed by atoms with E-state index in [1.807, 2.05) is 6.26 Å². The Morgan fingerprint density at radius 1 is 0.784 bits per heavy atom. The number of amides is 1. The molecule has 0 atom stereocenters. The topological polar surface area (TPSA) is 113 Å². The van der Waals surface area contributed by atoms with Gasteiger partial charge in [-0.1, -0.05) is 11.6 Å². The molecule has 1 aliphatic rings. The molecule has 3 aromatic carbocycles. The van der Waals surface area contributed by atoms with E-state index in [1.54, 1.807) is 23.1 Å². The highest BCUT2D eigenvalue weighted by atomic mass is 35.5. The van der Waals surface area contributed by atoms with Gasteiger partial charge >= 0.3 is 0 Å². The van der Waals surface area contributed by atoms with Gasteiger partial charge in [-0.2, -0.15) is 0 Å². The molecule has 0 bridgehead atoms. The summed E-state index contributed by atoms with van der Waals surface area (Å²) in [7, 11) is -7.92. The van der Waals surface area contributed by atoms with Crippen molar-refractivity contribution in [1.82, 2.24) is 4.90 Å². The van der Waals surface area contributed by atoms with E-state index in [-0.39, 0.29) is 21.4 Å². The second kappa shape index (κ2) is 11.3. The fourth-order valence-electron chi connectivity index (χ4n) is 3.94. The van der Waals surface area contributed by atoms with Gasteiger partial charge in [0.05, 0.1) is 15.4 Å². The summed E-state index contributed by atoms with van der Waals surface area (Å²) >= 11 is 7.22. The number of anilines is 2. The van der Waals surface area contributed by atoms with Gasteiger partial charge in [0, 0.05) is 34.4 Å². The highest BCUT2D eigenvalue weighted by molar-refractivity contribution is 7.98. The number of thioether (sulfide) groups is 1. The number of carbonyl (C=O) groups excluding carboxylic acids is 1. The molecule has 0 unspecified atom stereocenters. The average molecular weight is 580 g/mol. The first-order valence-corrected chi connectivity index (χ1v) is 16.0. The summed E-state index contributed by atoms with van der Waals surface area (Å²) in [5, 5.41) is 0.477. The van der Waals surface area contributed by atoms with E-state index in [0.717, 1.165) is 19.3 Å². The van der Waals surface area contributed by atoms with Crippen LogP contribution in [-0.4, -0.2) is 47.0 Å². The van der Waals surface area contributed by atoms with E-state index in [4.69, 9.17) is 11.6 Å². The van der Waals surface area contributed by atoms with Crippen molar-refractivity contribution in [3.63, 3.8) is 0 Å². The summed E-state index contributed by atoms with van der Waals surface area (Å²) in [6.07, 6.45) is 4.78. The Morgan fingerprint density at radius 2 is 1.30 bits per heavy atom. The van der Waals surface area contributed by atoms with Crippen molar-refractivity contribution in [3.8, 4) is 0 Å². The highest BCUT2D eigenvalue weighted by Gasteiger charge is 2.24. The molecule has 12 heteroatoms. The van der Waals surface area contributed by atoms with Gasteiger partial charge < -0.3 is 4.90 Å². The Labute approximate surface area is 226 Å². The van der Waals surface area contributed by atoms with Crippen molar-refractivity contribution in [1.29, 1.82) is 0 Å². The maximum Gasteiger partial charge on any atom is 0.261 e. The van der Waals surface area contributed by atoms with Crippen LogP contribution < -0.4 is 9.44 Å². The number of nitrogens with zero attached hydrogens (tertiary/aromatic N) is 1. The zero-order valence-electron chi connectivity index (χ0n) is 20.0. The van der Waals surface area contributed by atoms with E-state index in [0.29, 0.717) is 34.3 Å². The van der Waals surface area contributed by atoms with Crippen molar-refractivity contribution >= 4 is 60.7 Å². The van der Waals surface area contributed by atoms with Crippen LogP contribution >= 0.6 is 23.4 Å². The Kier molecular flexibility index (Phi) is 8.37. The standard InChI is InChI=1S/C25H26ClN3O5S3/c1-35-24-14-13-22(17-23(24)25(30)29-15-3-2-4-16-29)37(33,34)28-20-9-11-21(12-10-20)36(31,32)27-19-7-5-18(26)6-8-19/h5-14,17,27-28H,2-4,15-16H2,1H3. The summed E-state index contributed by atoms with van der Waals surface area (Å²) in [5.74, 6) is -0.177. The minimum absolute atomic E-state index is 0.0378. The molecule has 1 saturated heterocycles. The Morgan fingerprint density at radius 3 is 1.86 bits per heavy atom. The maximum absolute atomic E-state index is 13.1. The SMILES string of the molecule is CSc1ccc(S(=O)(=O)Nc2ccc(S(=O)(=O)Nc3ccc(Cl)cc3)cc2)cc1C(=O)N1CCCCC1. The summed E-state index contributed by atoms with van der Waals surface area (Å²) in [6, 6.07) is 16.0. The predicted molar refractivity (Wildman–Crippen MR) is 147 cm³/mol. The number of hydrogen-bond acceptors (Lipinski definition) is 6. The van der Waals surface area contributed by atoms with E-state index >= 15 is 0 Å². The zero-order chi connectivity index (χ0) is 26.6. The van der Waals surface area contributed by atoms with Gasteiger partial charge in [0.2, 0.25) is 0 Å². The lowest BCUT2D eigenvalue weighted by molar-refractivity contribution is 0.0720. The lowest BCUT2D eigenvalue weighted by atomic mass is 10.1. The Balaban J connectivity index is 1.53. The largest absolute Gasteiger partial charge is 0.339 e. The van der Waals surface area contributed by atoms with Gasteiger partial charge in [-0.3, -0.25) is 14.2 Å². The van der Waals surface area contributed by atoms with E-state index < -0.39 is 20.0 Å². The molecule has 0 aromatic heterocycles. The lowest BCUT2D eigenvalue weighted by Crippen LogP contribution is -2.36. The number of sulfonamides is 2. The first-order valence-electron chi connectivity index (χ1n) is 11.5. The molecule has 1 fully saturated rings. The quantitative estimate of drug-likeness (QED) is 0.351. The molecule has 1 aliphatic heterocycles. The molecule has 1 amide bonds. The molecule has 0 radical (unpaired) electrons. The molecule has 1 heterocycles. The van der Waals surface area contributed by atoms with Gasteiger partial charge in [-0.15, -0.1) is 11.8 Å². The smallest absolute Gasteiger partial charge is 0.261 e. The van der Waals surface area contributed by atoms with Gasteiger partial charge in [0.1, 0.15) is 0 Å². The fourth-order valence-corrected chi connectivity index (χ4v) is 6.78. The molecule has 3 aromatic rings. The van der Waals surface area contributed by atoms with Crippen LogP contribution in [0.3, 0.4) is 0 Å². The number of piperidine rings is 1. The molecule has 0 spiro atoms. The molecular weight excluding hydrogens is 554 g/mol. The predicted octanol–water partition coefficient (Wildman–Crippen LogP) is 5.29. The summed E-state index contributed by atoms with van der Waals surface area (Å²) < 4.78 is 56.5.